The molecule has 0 aromatic rings. The van der Waals surface area contributed by atoms with E-state index in [4.69, 9.17) is 10.5 Å². The van der Waals surface area contributed by atoms with Crippen LogP contribution in [0.4, 0.5) is 0 Å². The van der Waals surface area contributed by atoms with E-state index in [1.807, 2.05) is 27.7 Å². The van der Waals surface area contributed by atoms with E-state index in [0.29, 0.717) is 12.8 Å². The second kappa shape index (κ2) is 4.91. The molecule has 0 saturated carbocycles. The summed E-state index contributed by atoms with van der Waals surface area (Å²) >= 11 is 0. The lowest BCUT2D eigenvalue weighted by atomic mass is 9.86. The van der Waals surface area contributed by atoms with Crippen LogP contribution in [0.15, 0.2) is 0 Å². The Kier molecular flexibility index (Phi) is 4.85. The van der Waals surface area contributed by atoms with Gasteiger partial charge in [-0.05, 0) is 5.41 Å². The van der Waals surface area contributed by atoms with Gasteiger partial charge in [0, 0.05) is 12.8 Å². The maximum Gasteiger partial charge on any atom is 0.233 e. The van der Waals surface area contributed by atoms with Crippen molar-refractivity contribution < 1.29 is 20.3 Å². The van der Waals surface area contributed by atoms with Gasteiger partial charge in [-0.25, -0.2) is 20.3 Å². The monoisotopic (exact) mass is 192 g/mol. The maximum atomic E-state index is 8.69. The summed E-state index contributed by atoms with van der Waals surface area (Å²) in [7, 11) is 0. The summed E-state index contributed by atoms with van der Waals surface area (Å²) < 4.78 is 0. The first-order valence-electron chi connectivity index (χ1n) is 4.54. The largest absolute Gasteiger partial charge is 0.249 e. The molecule has 0 aliphatic heterocycles. The topological polar surface area (TPSA) is 58.9 Å². The summed E-state index contributed by atoms with van der Waals surface area (Å²) in [5, 5.41) is 17.4. The zero-order valence-electron chi connectivity index (χ0n) is 8.83. The van der Waals surface area contributed by atoms with Crippen molar-refractivity contribution >= 4 is 0 Å². The van der Waals surface area contributed by atoms with E-state index in [-0.39, 0.29) is 5.41 Å². The van der Waals surface area contributed by atoms with Crippen molar-refractivity contribution in [2.45, 2.75) is 52.7 Å². The summed E-state index contributed by atoms with van der Waals surface area (Å²) in [5.41, 5.74) is -0.0827. The van der Waals surface area contributed by atoms with E-state index >= 15 is 0 Å². The van der Waals surface area contributed by atoms with Crippen molar-refractivity contribution in [2.24, 2.45) is 5.41 Å². The number of hydrogen-bond donors (Lipinski definition) is 2. The molecule has 0 aliphatic rings. The van der Waals surface area contributed by atoms with Crippen LogP contribution in [-0.2, 0) is 9.78 Å². The van der Waals surface area contributed by atoms with Crippen LogP contribution in [-0.4, -0.2) is 16.3 Å². The molecule has 0 aromatic carbocycles. The van der Waals surface area contributed by atoms with Crippen molar-refractivity contribution in [1.29, 1.82) is 0 Å². The van der Waals surface area contributed by atoms with Crippen LogP contribution in [0.3, 0.4) is 0 Å². The van der Waals surface area contributed by atoms with E-state index in [1.165, 1.54) is 0 Å². The minimum Gasteiger partial charge on any atom is -0.249 e. The molecule has 80 valence electrons. The first-order chi connectivity index (χ1) is 5.89. The van der Waals surface area contributed by atoms with Gasteiger partial charge in [-0.15, -0.1) is 0 Å². The maximum absolute atomic E-state index is 8.69. The lowest BCUT2D eigenvalue weighted by molar-refractivity contribution is -0.493. The highest BCUT2D eigenvalue weighted by molar-refractivity contribution is 4.75. The smallest absolute Gasteiger partial charge is 0.233 e. The van der Waals surface area contributed by atoms with Gasteiger partial charge in [-0.2, -0.15) is 0 Å². The van der Waals surface area contributed by atoms with Gasteiger partial charge in [0.05, 0.1) is 0 Å². The van der Waals surface area contributed by atoms with E-state index in [1.54, 1.807) is 0 Å². The Morgan fingerprint density at radius 1 is 1.08 bits per heavy atom. The third-order valence-corrected chi connectivity index (χ3v) is 1.76. The molecule has 0 spiro atoms. The molecule has 0 heterocycles. The minimum absolute atomic E-state index is 0.0827. The fraction of sp³-hybridized carbons (Fsp3) is 1.00. The average molecular weight is 192 g/mol. The molecule has 0 unspecified atom stereocenters. The van der Waals surface area contributed by atoms with Gasteiger partial charge in [0.15, 0.2) is 0 Å². The van der Waals surface area contributed by atoms with Crippen LogP contribution in [0, 0.1) is 5.41 Å². The first-order valence-corrected chi connectivity index (χ1v) is 4.54. The van der Waals surface area contributed by atoms with Crippen molar-refractivity contribution in [2.75, 3.05) is 0 Å². The molecule has 0 saturated heterocycles. The molecule has 13 heavy (non-hydrogen) atoms. The molecule has 0 bridgehead atoms. The van der Waals surface area contributed by atoms with Crippen molar-refractivity contribution in [3.05, 3.63) is 0 Å². The standard InChI is InChI=1S/C9H20O4/c1-5-6-9(12-10,13-11)7-8(2,3)4/h10-11H,5-7H2,1-4H3. The van der Waals surface area contributed by atoms with Gasteiger partial charge >= 0.3 is 0 Å². The summed E-state index contributed by atoms with van der Waals surface area (Å²) in [4.78, 5) is 8.46. The van der Waals surface area contributed by atoms with Gasteiger partial charge in [0.2, 0.25) is 5.79 Å². The molecule has 2 N–H and O–H groups in total. The number of rotatable bonds is 5. The predicted molar refractivity (Wildman–Crippen MR) is 49.1 cm³/mol. The van der Waals surface area contributed by atoms with Crippen molar-refractivity contribution in [3.63, 3.8) is 0 Å². The Balaban J connectivity index is 4.38. The van der Waals surface area contributed by atoms with Crippen LogP contribution in [0.1, 0.15) is 47.0 Å². The molecule has 0 amide bonds. The minimum atomic E-state index is -1.27. The quantitative estimate of drug-likeness (QED) is 0.399. The van der Waals surface area contributed by atoms with Crippen LogP contribution < -0.4 is 0 Å². The summed E-state index contributed by atoms with van der Waals surface area (Å²) in [6.07, 6.45) is 1.65. The average Bonchev–Trinajstić information content (AvgIpc) is 2.01. The van der Waals surface area contributed by atoms with E-state index in [2.05, 4.69) is 9.78 Å². The molecule has 0 aliphatic carbocycles. The number of hydrogen-bond acceptors (Lipinski definition) is 4. The molecule has 4 heteroatoms. The van der Waals surface area contributed by atoms with Gasteiger partial charge in [-0.1, -0.05) is 34.1 Å². The van der Waals surface area contributed by atoms with Crippen LogP contribution in [0.25, 0.3) is 0 Å². The lowest BCUT2D eigenvalue weighted by Gasteiger charge is -2.32. The predicted octanol–water partition coefficient (Wildman–Crippen LogP) is 2.90. The normalized spacial score (nSPS) is 13.4. The first kappa shape index (κ1) is 12.8. The molecular weight excluding hydrogens is 172 g/mol. The lowest BCUT2D eigenvalue weighted by Crippen LogP contribution is -2.38. The van der Waals surface area contributed by atoms with Gasteiger partial charge < -0.3 is 0 Å². The highest BCUT2D eigenvalue weighted by Crippen LogP contribution is 2.33. The van der Waals surface area contributed by atoms with Crippen LogP contribution in [0.5, 0.6) is 0 Å². The zero-order chi connectivity index (χ0) is 10.5. The van der Waals surface area contributed by atoms with Crippen molar-refractivity contribution in [1.82, 2.24) is 0 Å². The second-order valence-electron chi connectivity index (χ2n) is 4.58. The molecule has 4 nitrogen and oxygen atoms in total. The third-order valence-electron chi connectivity index (χ3n) is 1.76. The van der Waals surface area contributed by atoms with Gasteiger partial charge in [0.1, 0.15) is 0 Å². The SMILES string of the molecule is CCCC(CC(C)(C)C)(OO)OO. The fourth-order valence-electron chi connectivity index (χ4n) is 1.45. The Hall–Kier alpha value is -0.160. The molecule has 0 fully saturated rings. The molecular formula is C9H20O4. The second-order valence-corrected chi connectivity index (χ2v) is 4.58. The van der Waals surface area contributed by atoms with E-state index in [9.17, 15) is 0 Å². The van der Waals surface area contributed by atoms with E-state index in [0.717, 1.165) is 6.42 Å². The Bertz CT molecular complexity index is 135. The van der Waals surface area contributed by atoms with Crippen LogP contribution >= 0.6 is 0 Å². The molecule has 0 radical (unpaired) electrons. The van der Waals surface area contributed by atoms with Crippen LogP contribution in [0.2, 0.25) is 0 Å². The Morgan fingerprint density at radius 2 is 1.54 bits per heavy atom. The van der Waals surface area contributed by atoms with Gasteiger partial charge in [0.25, 0.3) is 0 Å². The van der Waals surface area contributed by atoms with Gasteiger partial charge in [-0.3, -0.25) is 0 Å². The summed E-state index contributed by atoms with van der Waals surface area (Å²) in [6.45, 7) is 7.87. The highest BCUT2D eigenvalue weighted by atomic mass is 17.2. The molecule has 0 aromatic heterocycles. The highest BCUT2D eigenvalue weighted by Gasteiger charge is 2.37. The fourth-order valence-corrected chi connectivity index (χ4v) is 1.45. The molecule has 0 atom stereocenters. The van der Waals surface area contributed by atoms with Crippen molar-refractivity contribution in [3.8, 4) is 0 Å². The van der Waals surface area contributed by atoms with E-state index < -0.39 is 5.79 Å². The summed E-state index contributed by atoms with van der Waals surface area (Å²) in [5.74, 6) is -1.27. The molecule has 0 rings (SSSR count). The third kappa shape index (κ3) is 4.57. The zero-order valence-corrected chi connectivity index (χ0v) is 8.83. The summed E-state index contributed by atoms with van der Waals surface area (Å²) in [6, 6.07) is 0. The Labute approximate surface area is 79.3 Å². The Morgan fingerprint density at radius 3 is 1.77 bits per heavy atom.